The normalized spacial score (nSPS) is 16.6. The summed E-state index contributed by atoms with van der Waals surface area (Å²) in [6.07, 6.45) is 1.31. The predicted molar refractivity (Wildman–Crippen MR) is 44.1 cm³/mol. The lowest BCUT2D eigenvalue weighted by Gasteiger charge is -2.03. The quantitative estimate of drug-likeness (QED) is 0.580. The third-order valence-corrected chi connectivity index (χ3v) is 2.32. The molecular formula is C9H11FN2. The van der Waals surface area contributed by atoms with Crippen molar-refractivity contribution in [3.63, 3.8) is 0 Å². The first-order chi connectivity index (χ1) is 5.68. The first kappa shape index (κ1) is 7.68. The molecule has 0 amide bonds. The van der Waals surface area contributed by atoms with Crippen LogP contribution in [-0.4, -0.2) is 16.9 Å². The van der Waals surface area contributed by atoms with Gasteiger partial charge in [0.25, 0.3) is 0 Å². The lowest BCUT2D eigenvalue weighted by atomic mass is 10.1. The summed E-state index contributed by atoms with van der Waals surface area (Å²) in [5.41, 5.74) is 2.85. The Hall–Kier alpha value is -0.960. The van der Waals surface area contributed by atoms with Gasteiger partial charge in [0.2, 0.25) is 0 Å². The molecule has 0 fully saturated rings. The van der Waals surface area contributed by atoms with Crippen molar-refractivity contribution in [3.05, 3.63) is 28.8 Å². The van der Waals surface area contributed by atoms with E-state index in [0.717, 1.165) is 23.4 Å². The predicted octanol–water partition coefficient (Wildman–Crippen LogP) is 1.47. The second-order valence-corrected chi connectivity index (χ2v) is 3.32. The van der Waals surface area contributed by atoms with Crippen LogP contribution in [0.5, 0.6) is 0 Å². The Morgan fingerprint density at radius 1 is 1.42 bits per heavy atom. The van der Waals surface area contributed by atoms with Gasteiger partial charge in [0, 0.05) is 24.3 Å². The van der Waals surface area contributed by atoms with Gasteiger partial charge >= 0.3 is 0 Å². The zero-order valence-electron chi connectivity index (χ0n) is 7.26. The first-order valence-corrected chi connectivity index (χ1v) is 4.00. The van der Waals surface area contributed by atoms with Gasteiger partial charge in [-0.3, -0.25) is 9.88 Å². The third-order valence-electron chi connectivity index (χ3n) is 2.32. The van der Waals surface area contributed by atoms with Crippen molar-refractivity contribution in [1.82, 2.24) is 9.88 Å². The van der Waals surface area contributed by atoms with Crippen molar-refractivity contribution in [3.8, 4) is 0 Å². The minimum Gasteiger partial charge on any atom is -0.298 e. The van der Waals surface area contributed by atoms with Crippen molar-refractivity contribution in [2.45, 2.75) is 20.0 Å². The van der Waals surface area contributed by atoms with E-state index in [9.17, 15) is 4.39 Å². The van der Waals surface area contributed by atoms with Crippen LogP contribution in [-0.2, 0) is 13.1 Å². The zero-order chi connectivity index (χ0) is 8.72. The Kier molecular flexibility index (Phi) is 1.61. The molecule has 1 aliphatic rings. The maximum absolute atomic E-state index is 13.2. The molecule has 1 aromatic rings. The van der Waals surface area contributed by atoms with E-state index in [0.29, 0.717) is 6.54 Å². The summed E-state index contributed by atoms with van der Waals surface area (Å²) < 4.78 is 13.2. The maximum Gasteiger partial charge on any atom is 0.146 e. The fourth-order valence-electron chi connectivity index (χ4n) is 1.65. The number of fused-ring (bicyclic) bond motifs is 1. The molecule has 0 unspecified atom stereocenters. The molecular weight excluding hydrogens is 155 g/mol. The zero-order valence-corrected chi connectivity index (χ0v) is 7.26. The molecule has 0 saturated carbocycles. The average molecular weight is 166 g/mol. The lowest BCUT2D eigenvalue weighted by molar-refractivity contribution is 0.349. The summed E-state index contributed by atoms with van der Waals surface area (Å²) in [6.45, 7) is 3.47. The Balaban J connectivity index is 2.56. The van der Waals surface area contributed by atoms with Crippen molar-refractivity contribution in [2.24, 2.45) is 0 Å². The monoisotopic (exact) mass is 166 g/mol. The second kappa shape index (κ2) is 2.52. The number of halogens is 1. The highest BCUT2D eigenvalue weighted by molar-refractivity contribution is 5.33. The first-order valence-electron chi connectivity index (χ1n) is 4.00. The number of aromatic nitrogens is 1. The smallest absolute Gasteiger partial charge is 0.146 e. The highest BCUT2D eigenvalue weighted by atomic mass is 19.1. The molecule has 3 heteroatoms. The number of rotatable bonds is 0. The van der Waals surface area contributed by atoms with Crippen LogP contribution >= 0.6 is 0 Å². The van der Waals surface area contributed by atoms with Gasteiger partial charge in [-0.05, 0) is 19.5 Å². The van der Waals surface area contributed by atoms with Crippen LogP contribution in [0.3, 0.4) is 0 Å². The minimum absolute atomic E-state index is 0.167. The van der Waals surface area contributed by atoms with E-state index < -0.39 is 0 Å². The summed E-state index contributed by atoms with van der Waals surface area (Å²) in [5.74, 6) is -0.167. The number of nitrogens with zero attached hydrogens (tertiary/aromatic N) is 2. The van der Waals surface area contributed by atoms with Gasteiger partial charge in [-0.25, -0.2) is 4.39 Å². The molecule has 0 aromatic carbocycles. The molecule has 0 bridgehead atoms. The molecule has 64 valence electrons. The second-order valence-electron chi connectivity index (χ2n) is 3.32. The molecule has 2 rings (SSSR count). The molecule has 0 atom stereocenters. The highest BCUT2D eigenvalue weighted by Gasteiger charge is 2.21. The van der Waals surface area contributed by atoms with E-state index in [-0.39, 0.29) is 5.82 Å². The van der Waals surface area contributed by atoms with Crippen LogP contribution in [0.1, 0.15) is 16.8 Å². The van der Waals surface area contributed by atoms with E-state index in [1.54, 1.807) is 0 Å². The minimum atomic E-state index is -0.167. The fraction of sp³-hybridized carbons (Fsp3) is 0.444. The van der Waals surface area contributed by atoms with Gasteiger partial charge in [0.1, 0.15) is 5.82 Å². The van der Waals surface area contributed by atoms with Gasteiger partial charge in [0.05, 0.1) is 6.20 Å². The summed E-state index contributed by atoms with van der Waals surface area (Å²) in [7, 11) is 1.98. The Bertz CT molecular complexity index is 292. The van der Waals surface area contributed by atoms with Gasteiger partial charge in [-0.2, -0.15) is 0 Å². The number of hydrogen-bond donors (Lipinski definition) is 0. The largest absolute Gasteiger partial charge is 0.298 e. The van der Waals surface area contributed by atoms with Crippen molar-refractivity contribution in [1.29, 1.82) is 0 Å². The summed E-state index contributed by atoms with van der Waals surface area (Å²) in [6, 6.07) is 0. The fourth-order valence-corrected chi connectivity index (χ4v) is 1.65. The number of hydrogen-bond acceptors (Lipinski definition) is 2. The van der Waals surface area contributed by atoms with Crippen molar-refractivity contribution in [2.75, 3.05) is 7.05 Å². The summed E-state index contributed by atoms with van der Waals surface area (Å²) >= 11 is 0. The molecule has 0 saturated heterocycles. The molecule has 12 heavy (non-hydrogen) atoms. The third kappa shape index (κ3) is 1.01. The van der Waals surface area contributed by atoms with Crippen LogP contribution in [0.4, 0.5) is 4.39 Å². The molecule has 1 aliphatic heterocycles. The highest BCUT2D eigenvalue weighted by Crippen LogP contribution is 2.24. The average Bonchev–Trinajstić information content (AvgIpc) is 2.41. The van der Waals surface area contributed by atoms with Gasteiger partial charge in [0.15, 0.2) is 0 Å². The van der Waals surface area contributed by atoms with Crippen molar-refractivity contribution < 1.29 is 4.39 Å². The van der Waals surface area contributed by atoms with E-state index in [1.165, 1.54) is 6.20 Å². The Morgan fingerprint density at radius 3 is 2.75 bits per heavy atom. The molecule has 0 aliphatic carbocycles. The molecule has 0 spiro atoms. The van der Waals surface area contributed by atoms with E-state index in [2.05, 4.69) is 9.88 Å². The van der Waals surface area contributed by atoms with Crippen LogP contribution < -0.4 is 0 Å². The summed E-state index contributed by atoms with van der Waals surface area (Å²) in [5, 5.41) is 0. The molecule has 2 heterocycles. The van der Waals surface area contributed by atoms with Gasteiger partial charge in [-0.1, -0.05) is 0 Å². The summed E-state index contributed by atoms with van der Waals surface area (Å²) in [4.78, 5) is 6.07. The molecule has 0 radical (unpaired) electrons. The van der Waals surface area contributed by atoms with Crippen molar-refractivity contribution >= 4 is 0 Å². The topological polar surface area (TPSA) is 16.1 Å². The van der Waals surface area contributed by atoms with Crippen LogP contribution in [0.15, 0.2) is 6.20 Å². The maximum atomic E-state index is 13.2. The van der Waals surface area contributed by atoms with Gasteiger partial charge < -0.3 is 0 Å². The number of aryl methyl sites for hydroxylation is 1. The number of pyridine rings is 1. The lowest BCUT2D eigenvalue weighted by Crippen LogP contribution is -2.07. The SMILES string of the molecule is Cc1ncc(F)c2c1CN(C)C2. The molecule has 0 N–H and O–H groups in total. The van der Waals surface area contributed by atoms with Gasteiger partial charge in [-0.15, -0.1) is 0 Å². The van der Waals surface area contributed by atoms with E-state index in [1.807, 2.05) is 14.0 Å². The van der Waals surface area contributed by atoms with E-state index >= 15 is 0 Å². The van der Waals surface area contributed by atoms with Crippen LogP contribution in [0, 0.1) is 12.7 Å². The van der Waals surface area contributed by atoms with Crippen LogP contribution in [0.25, 0.3) is 0 Å². The van der Waals surface area contributed by atoms with Crippen LogP contribution in [0.2, 0.25) is 0 Å². The van der Waals surface area contributed by atoms with E-state index in [4.69, 9.17) is 0 Å². The Morgan fingerprint density at radius 2 is 2.08 bits per heavy atom. The standard InChI is InChI=1S/C9H11FN2/c1-6-7-4-12(2)5-8(7)9(10)3-11-6/h3H,4-5H2,1-2H3. The molecule has 2 nitrogen and oxygen atoms in total. The Labute approximate surface area is 71.0 Å². The molecule has 1 aromatic heterocycles.